The Hall–Kier alpha value is -1.81. The topological polar surface area (TPSA) is 55.1 Å². The molecule has 0 unspecified atom stereocenters. The van der Waals surface area contributed by atoms with Crippen molar-refractivity contribution in [3.05, 3.63) is 57.6 Å². The highest BCUT2D eigenvalue weighted by Crippen LogP contribution is 2.23. The van der Waals surface area contributed by atoms with Gasteiger partial charge in [-0.25, -0.2) is 0 Å². The van der Waals surface area contributed by atoms with E-state index in [9.17, 15) is 4.79 Å². The molecular formula is C16H17BrN2O. The van der Waals surface area contributed by atoms with E-state index in [1.807, 2.05) is 50.2 Å². The molecule has 3 nitrogen and oxygen atoms in total. The van der Waals surface area contributed by atoms with Crippen molar-refractivity contribution in [3.8, 4) is 0 Å². The van der Waals surface area contributed by atoms with Crippen molar-refractivity contribution in [3.63, 3.8) is 0 Å². The van der Waals surface area contributed by atoms with Gasteiger partial charge in [0.05, 0.1) is 17.8 Å². The van der Waals surface area contributed by atoms with Gasteiger partial charge in [0.2, 0.25) is 5.91 Å². The van der Waals surface area contributed by atoms with E-state index in [-0.39, 0.29) is 5.91 Å². The lowest BCUT2D eigenvalue weighted by atomic mass is 10.1. The molecule has 4 heteroatoms. The second kappa shape index (κ2) is 6.09. The number of hydrogen-bond donors (Lipinski definition) is 2. The summed E-state index contributed by atoms with van der Waals surface area (Å²) in [6.07, 6.45) is 0.333. The van der Waals surface area contributed by atoms with E-state index in [4.69, 9.17) is 5.73 Å². The molecule has 2 rings (SSSR count). The summed E-state index contributed by atoms with van der Waals surface area (Å²) in [5.74, 6) is -0.0673. The van der Waals surface area contributed by atoms with E-state index in [0.29, 0.717) is 17.8 Å². The van der Waals surface area contributed by atoms with Crippen LogP contribution in [-0.2, 0) is 11.2 Å². The van der Waals surface area contributed by atoms with Crippen molar-refractivity contribution in [1.29, 1.82) is 0 Å². The first-order valence-corrected chi connectivity index (χ1v) is 7.16. The second-order valence-corrected chi connectivity index (χ2v) is 5.79. The number of anilines is 2. The predicted molar refractivity (Wildman–Crippen MR) is 86.8 cm³/mol. The van der Waals surface area contributed by atoms with Gasteiger partial charge in [-0.3, -0.25) is 4.79 Å². The lowest BCUT2D eigenvalue weighted by Gasteiger charge is -2.11. The zero-order valence-electron chi connectivity index (χ0n) is 11.5. The summed E-state index contributed by atoms with van der Waals surface area (Å²) >= 11 is 3.37. The monoisotopic (exact) mass is 332 g/mol. The van der Waals surface area contributed by atoms with Gasteiger partial charge in [0.15, 0.2) is 0 Å². The van der Waals surface area contributed by atoms with E-state index < -0.39 is 0 Å². The largest absolute Gasteiger partial charge is 0.397 e. The quantitative estimate of drug-likeness (QED) is 0.839. The van der Waals surface area contributed by atoms with Gasteiger partial charge in [-0.05, 0) is 54.8 Å². The molecule has 0 radical (unpaired) electrons. The number of benzene rings is 2. The average molecular weight is 333 g/mol. The Balaban J connectivity index is 2.08. The van der Waals surface area contributed by atoms with Gasteiger partial charge < -0.3 is 11.1 Å². The number of halogens is 1. The number of carbonyl (C=O) groups excluding carboxylic acids is 1. The fraction of sp³-hybridized carbons (Fsp3) is 0.188. The fourth-order valence-electron chi connectivity index (χ4n) is 1.93. The number of nitrogens with one attached hydrogen (secondary N) is 1. The molecular weight excluding hydrogens is 316 g/mol. The van der Waals surface area contributed by atoms with Gasteiger partial charge >= 0.3 is 0 Å². The Bertz CT molecular complexity index is 636. The average Bonchev–Trinajstić information content (AvgIpc) is 2.39. The van der Waals surface area contributed by atoms with Crippen LogP contribution in [0, 0.1) is 13.8 Å². The maximum atomic E-state index is 12.0. The van der Waals surface area contributed by atoms with E-state index in [0.717, 1.165) is 21.2 Å². The molecule has 104 valence electrons. The van der Waals surface area contributed by atoms with Crippen LogP contribution in [0.5, 0.6) is 0 Å². The lowest BCUT2D eigenvalue weighted by molar-refractivity contribution is -0.115. The molecule has 2 aromatic carbocycles. The van der Waals surface area contributed by atoms with Crippen LogP contribution in [0.15, 0.2) is 40.9 Å². The summed E-state index contributed by atoms with van der Waals surface area (Å²) in [7, 11) is 0. The molecule has 0 aliphatic rings. The van der Waals surface area contributed by atoms with Gasteiger partial charge in [-0.2, -0.15) is 0 Å². The first-order valence-electron chi connectivity index (χ1n) is 6.36. The molecule has 1 amide bonds. The number of nitrogens with two attached hydrogens (primary N) is 1. The molecule has 0 saturated heterocycles. The third kappa shape index (κ3) is 3.61. The predicted octanol–water partition coefficient (Wildman–Crippen LogP) is 3.83. The van der Waals surface area contributed by atoms with Crippen molar-refractivity contribution in [2.45, 2.75) is 20.3 Å². The van der Waals surface area contributed by atoms with Gasteiger partial charge in [0, 0.05) is 4.47 Å². The van der Waals surface area contributed by atoms with Crippen LogP contribution in [0.3, 0.4) is 0 Å². The third-order valence-corrected chi connectivity index (χ3v) is 3.75. The van der Waals surface area contributed by atoms with Crippen LogP contribution in [-0.4, -0.2) is 5.91 Å². The van der Waals surface area contributed by atoms with E-state index in [1.54, 1.807) is 0 Å². The highest BCUT2D eigenvalue weighted by Gasteiger charge is 2.08. The number of hydrogen-bond acceptors (Lipinski definition) is 2. The van der Waals surface area contributed by atoms with Crippen LogP contribution in [0.25, 0.3) is 0 Å². The Kier molecular flexibility index (Phi) is 4.45. The highest BCUT2D eigenvalue weighted by atomic mass is 79.9. The van der Waals surface area contributed by atoms with Crippen molar-refractivity contribution < 1.29 is 4.79 Å². The van der Waals surface area contributed by atoms with Gasteiger partial charge in [0.1, 0.15) is 0 Å². The molecule has 0 saturated carbocycles. The Morgan fingerprint density at radius 3 is 2.40 bits per heavy atom. The van der Waals surface area contributed by atoms with Gasteiger partial charge in [0.25, 0.3) is 0 Å². The molecule has 0 spiro atoms. The minimum atomic E-state index is -0.0673. The molecule has 0 aliphatic heterocycles. The maximum Gasteiger partial charge on any atom is 0.228 e. The highest BCUT2D eigenvalue weighted by molar-refractivity contribution is 9.10. The minimum Gasteiger partial charge on any atom is -0.397 e. The fourth-order valence-corrected chi connectivity index (χ4v) is 2.19. The molecule has 3 N–H and O–H groups in total. The standard InChI is InChI=1S/C16H17BrN2O/c1-10-7-14(18)15(8-11(10)2)19-16(20)9-12-3-5-13(17)6-4-12/h3-8H,9,18H2,1-2H3,(H,19,20). The molecule has 0 atom stereocenters. The summed E-state index contributed by atoms with van der Waals surface area (Å²) in [6.45, 7) is 4.00. The maximum absolute atomic E-state index is 12.0. The van der Waals surface area contributed by atoms with E-state index in [2.05, 4.69) is 21.2 Å². The summed E-state index contributed by atoms with van der Waals surface area (Å²) in [5, 5.41) is 2.87. The molecule has 0 heterocycles. The first-order chi connectivity index (χ1) is 9.45. The van der Waals surface area contributed by atoms with Gasteiger partial charge in [-0.1, -0.05) is 28.1 Å². The summed E-state index contributed by atoms with van der Waals surface area (Å²) < 4.78 is 1.00. The van der Waals surface area contributed by atoms with E-state index >= 15 is 0 Å². The SMILES string of the molecule is Cc1cc(N)c(NC(=O)Cc2ccc(Br)cc2)cc1C. The molecule has 0 bridgehead atoms. The van der Waals surface area contributed by atoms with Gasteiger partial charge in [-0.15, -0.1) is 0 Å². The summed E-state index contributed by atoms with van der Waals surface area (Å²) in [5.41, 5.74) is 10.4. The van der Waals surface area contributed by atoms with Crippen molar-refractivity contribution in [2.75, 3.05) is 11.1 Å². The number of aryl methyl sites for hydroxylation is 2. The summed E-state index contributed by atoms with van der Waals surface area (Å²) in [6, 6.07) is 11.5. The second-order valence-electron chi connectivity index (χ2n) is 4.88. The lowest BCUT2D eigenvalue weighted by Crippen LogP contribution is -2.15. The van der Waals surface area contributed by atoms with Crippen LogP contribution in [0.2, 0.25) is 0 Å². The van der Waals surface area contributed by atoms with Crippen LogP contribution in [0.1, 0.15) is 16.7 Å². The molecule has 0 aliphatic carbocycles. The number of nitrogen functional groups attached to an aromatic ring is 1. The third-order valence-electron chi connectivity index (χ3n) is 3.22. The first kappa shape index (κ1) is 14.6. The Labute approximate surface area is 127 Å². The molecule has 0 aromatic heterocycles. The number of carbonyl (C=O) groups is 1. The van der Waals surface area contributed by atoms with Crippen molar-refractivity contribution >= 4 is 33.2 Å². The molecule has 0 fully saturated rings. The molecule has 20 heavy (non-hydrogen) atoms. The zero-order valence-corrected chi connectivity index (χ0v) is 13.1. The van der Waals surface area contributed by atoms with Crippen LogP contribution >= 0.6 is 15.9 Å². The van der Waals surface area contributed by atoms with E-state index in [1.165, 1.54) is 0 Å². The van der Waals surface area contributed by atoms with Crippen LogP contribution < -0.4 is 11.1 Å². The Morgan fingerprint density at radius 2 is 1.75 bits per heavy atom. The number of rotatable bonds is 3. The minimum absolute atomic E-state index is 0.0673. The van der Waals surface area contributed by atoms with Crippen LogP contribution in [0.4, 0.5) is 11.4 Å². The van der Waals surface area contributed by atoms with Crippen molar-refractivity contribution in [1.82, 2.24) is 0 Å². The normalized spacial score (nSPS) is 10.3. The summed E-state index contributed by atoms with van der Waals surface area (Å²) in [4.78, 5) is 12.0. The smallest absolute Gasteiger partial charge is 0.228 e. The van der Waals surface area contributed by atoms with Crippen molar-refractivity contribution in [2.24, 2.45) is 0 Å². The Morgan fingerprint density at radius 1 is 1.15 bits per heavy atom. The number of amides is 1. The zero-order chi connectivity index (χ0) is 14.7. The molecule has 2 aromatic rings.